The lowest BCUT2D eigenvalue weighted by atomic mass is 9.82. The van der Waals surface area contributed by atoms with E-state index in [0.29, 0.717) is 4.83 Å². The van der Waals surface area contributed by atoms with Crippen molar-refractivity contribution in [2.75, 3.05) is 13.2 Å². The molecule has 0 saturated carbocycles. The zero-order valence-electron chi connectivity index (χ0n) is 11.3. The van der Waals surface area contributed by atoms with E-state index in [2.05, 4.69) is 48.1 Å². The number of rotatable bonds is 0. The number of allylic oxidation sites excluding steroid dienone is 4. The molecule has 98 valence electrons. The van der Waals surface area contributed by atoms with Crippen LogP contribution < -0.4 is 5.32 Å². The molecule has 1 N–H and O–H groups in total. The summed E-state index contributed by atoms with van der Waals surface area (Å²) >= 11 is 3.75. The molecule has 1 aliphatic carbocycles. The zero-order chi connectivity index (χ0) is 12.9. The van der Waals surface area contributed by atoms with Crippen LogP contribution in [-0.4, -0.2) is 18.0 Å². The molecule has 0 bridgehead atoms. The van der Waals surface area contributed by atoms with Gasteiger partial charge in [0.2, 0.25) is 0 Å². The van der Waals surface area contributed by atoms with E-state index in [1.807, 2.05) is 0 Å². The lowest BCUT2D eigenvalue weighted by molar-refractivity contribution is 0.237. The van der Waals surface area contributed by atoms with E-state index in [-0.39, 0.29) is 5.41 Å². The minimum atomic E-state index is 0.184. The van der Waals surface area contributed by atoms with Gasteiger partial charge < -0.3 is 10.1 Å². The van der Waals surface area contributed by atoms with Crippen molar-refractivity contribution in [3.8, 4) is 0 Å². The Labute approximate surface area is 117 Å². The van der Waals surface area contributed by atoms with Gasteiger partial charge in [-0.3, -0.25) is 0 Å². The fourth-order valence-corrected chi connectivity index (χ4v) is 3.69. The lowest BCUT2D eigenvalue weighted by Gasteiger charge is -2.33. The van der Waals surface area contributed by atoms with Gasteiger partial charge in [0.15, 0.2) is 0 Å². The van der Waals surface area contributed by atoms with Crippen LogP contribution in [0.5, 0.6) is 0 Å². The van der Waals surface area contributed by atoms with E-state index in [1.54, 1.807) is 0 Å². The average molecular weight is 310 g/mol. The number of nitrogens with one attached hydrogen (secondary N) is 1. The third-order valence-corrected chi connectivity index (χ3v) is 4.65. The van der Waals surface area contributed by atoms with Crippen LogP contribution in [0, 0.1) is 5.41 Å². The second-order valence-corrected chi connectivity index (χ2v) is 7.40. The Balaban J connectivity index is 2.03. The van der Waals surface area contributed by atoms with Crippen molar-refractivity contribution >= 4 is 15.9 Å². The van der Waals surface area contributed by atoms with Crippen molar-refractivity contribution in [3.63, 3.8) is 0 Å². The van der Waals surface area contributed by atoms with Gasteiger partial charge in [-0.2, -0.15) is 0 Å². The summed E-state index contributed by atoms with van der Waals surface area (Å²) in [7, 11) is 0. The van der Waals surface area contributed by atoms with Gasteiger partial charge in [-0.25, -0.2) is 0 Å². The first-order chi connectivity index (χ1) is 8.47. The third-order valence-electron chi connectivity index (χ3n) is 3.91. The summed E-state index contributed by atoms with van der Waals surface area (Å²) < 4.78 is 5.79. The third kappa shape index (κ3) is 1.93. The molecule has 2 heterocycles. The molecule has 3 rings (SSSR count). The van der Waals surface area contributed by atoms with Crippen LogP contribution in [0.4, 0.5) is 0 Å². The van der Waals surface area contributed by atoms with Gasteiger partial charge in [-0.15, -0.1) is 0 Å². The Hall–Kier alpha value is -0.700. The van der Waals surface area contributed by atoms with Gasteiger partial charge in [0.25, 0.3) is 0 Å². The summed E-state index contributed by atoms with van der Waals surface area (Å²) in [5.41, 5.74) is 5.93. The fourth-order valence-electron chi connectivity index (χ4n) is 2.89. The molecule has 3 aliphatic rings. The van der Waals surface area contributed by atoms with Gasteiger partial charge in [0, 0.05) is 29.7 Å². The van der Waals surface area contributed by atoms with Crippen LogP contribution in [0.15, 0.2) is 34.3 Å². The summed E-state index contributed by atoms with van der Waals surface area (Å²) in [6.45, 7) is 8.60. The summed E-state index contributed by atoms with van der Waals surface area (Å²) in [4.78, 5) is 0.375. The van der Waals surface area contributed by atoms with Crippen LogP contribution in [0.2, 0.25) is 0 Å². The maximum Gasteiger partial charge on any atom is 0.114 e. The smallest absolute Gasteiger partial charge is 0.114 e. The summed E-state index contributed by atoms with van der Waals surface area (Å²) in [6.07, 6.45) is 4.47. The first kappa shape index (κ1) is 12.3. The Morgan fingerprint density at radius 2 is 2.17 bits per heavy atom. The van der Waals surface area contributed by atoms with E-state index in [9.17, 15) is 0 Å². The predicted molar refractivity (Wildman–Crippen MR) is 77.5 cm³/mol. The van der Waals surface area contributed by atoms with E-state index in [0.717, 1.165) is 26.0 Å². The molecule has 0 amide bonds. The van der Waals surface area contributed by atoms with Gasteiger partial charge in [0.1, 0.15) is 5.76 Å². The predicted octanol–water partition coefficient (Wildman–Crippen LogP) is 3.66. The second kappa shape index (κ2) is 4.16. The van der Waals surface area contributed by atoms with E-state index in [1.165, 1.54) is 28.2 Å². The highest BCUT2D eigenvalue weighted by Crippen LogP contribution is 2.43. The quantitative estimate of drug-likeness (QED) is 0.690. The molecule has 0 aromatic carbocycles. The van der Waals surface area contributed by atoms with Gasteiger partial charge in [0.05, 0.1) is 11.4 Å². The molecule has 1 unspecified atom stereocenters. The highest BCUT2D eigenvalue weighted by atomic mass is 79.9. The van der Waals surface area contributed by atoms with Gasteiger partial charge in [-0.05, 0) is 23.6 Å². The van der Waals surface area contributed by atoms with Crippen molar-refractivity contribution < 1.29 is 4.74 Å². The van der Waals surface area contributed by atoms with Crippen molar-refractivity contribution in [1.82, 2.24) is 5.32 Å². The van der Waals surface area contributed by atoms with Crippen LogP contribution in [0.3, 0.4) is 0 Å². The Bertz CT molecular complexity index is 479. The standard InChI is InChI=1S/C15H20BrNO/c1-15(2,3)13-7-11-9(8-17-13)6-12(16)14-10(11)4-5-18-14/h7,12,17H,4-6,8H2,1-3H3. The number of dihydropyridines is 1. The number of fused-ring (bicyclic) bond motifs is 1. The van der Waals surface area contributed by atoms with Crippen LogP contribution in [-0.2, 0) is 4.74 Å². The van der Waals surface area contributed by atoms with Crippen molar-refractivity contribution in [2.45, 2.75) is 38.4 Å². The minimum absolute atomic E-state index is 0.184. The Kier molecular flexibility index (Phi) is 2.85. The molecule has 0 aromatic rings. The molecule has 0 saturated heterocycles. The number of alkyl halides is 1. The van der Waals surface area contributed by atoms with E-state index < -0.39 is 0 Å². The highest BCUT2D eigenvalue weighted by Gasteiger charge is 2.34. The molecule has 0 radical (unpaired) electrons. The van der Waals surface area contributed by atoms with E-state index >= 15 is 0 Å². The summed E-state index contributed by atoms with van der Waals surface area (Å²) in [5, 5.41) is 3.58. The zero-order valence-corrected chi connectivity index (χ0v) is 12.9. The summed E-state index contributed by atoms with van der Waals surface area (Å²) in [5.74, 6) is 1.18. The molecule has 2 aliphatic heterocycles. The number of hydrogen-bond donors (Lipinski definition) is 1. The molecule has 18 heavy (non-hydrogen) atoms. The van der Waals surface area contributed by atoms with Gasteiger partial charge >= 0.3 is 0 Å². The molecule has 0 spiro atoms. The van der Waals surface area contributed by atoms with Gasteiger partial charge in [-0.1, -0.05) is 36.7 Å². The van der Waals surface area contributed by atoms with Crippen LogP contribution in [0.1, 0.15) is 33.6 Å². The minimum Gasteiger partial charge on any atom is -0.496 e. The lowest BCUT2D eigenvalue weighted by Crippen LogP contribution is -2.32. The van der Waals surface area contributed by atoms with Crippen LogP contribution >= 0.6 is 15.9 Å². The van der Waals surface area contributed by atoms with Crippen LogP contribution in [0.25, 0.3) is 0 Å². The van der Waals surface area contributed by atoms with Crippen molar-refractivity contribution in [1.29, 1.82) is 0 Å². The number of ether oxygens (including phenoxy) is 1. The normalized spacial score (nSPS) is 27.3. The molecule has 3 heteroatoms. The Morgan fingerprint density at radius 1 is 1.39 bits per heavy atom. The van der Waals surface area contributed by atoms with Crippen molar-refractivity contribution in [2.24, 2.45) is 5.41 Å². The molecule has 2 nitrogen and oxygen atoms in total. The topological polar surface area (TPSA) is 21.3 Å². The molecule has 0 aromatic heterocycles. The number of halogens is 1. The first-order valence-corrected chi connectivity index (χ1v) is 7.57. The molecular formula is C15H20BrNO. The SMILES string of the molecule is CC(C)(C)C1=CC2=C(CN1)CC(Br)C1=C2CCO1. The number of hydrogen-bond acceptors (Lipinski definition) is 2. The maximum atomic E-state index is 5.79. The fraction of sp³-hybridized carbons (Fsp3) is 0.600. The monoisotopic (exact) mass is 309 g/mol. The Morgan fingerprint density at radius 3 is 2.89 bits per heavy atom. The van der Waals surface area contributed by atoms with Crippen molar-refractivity contribution in [3.05, 3.63) is 34.3 Å². The largest absolute Gasteiger partial charge is 0.496 e. The highest BCUT2D eigenvalue weighted by molar-refractivity contribution is 9.09. The molecular weight excluding hydrogens is 290 g/mol. The van der Waals surface area contributed by atoms with E-state index in [4.69, 9.17) is 4.74 Å². The summed E-state index contributed by atoms with van der Waals surface area (Å²) in [6, 6.07) is 0. The molecule has 1 atom stereocenters. The molecule has 0 fully saturated rings. The average Bonchev–Trinajstić information content (AvgIpc) is 2.77. The second-order valence-electron chi connectivity index (χ2n) is 6.29. The maximum absolute atomic E-state index is 5.79. The first-order valence-electron chi connectivity index (χ1n) is 6.65.